The Bertz CT molecular complexity index is 1720. The highest BCUT2D eigenvalue weighted by atomic mass is 32.2. The first-order chi connectivity index (χ1) is 17.9. The molecule has 0 fully saturated rings. The SMILES string of the molecule is N#Cc1cc(S(=O)(=O)Nc2nccs2)ccc1Oc1cnc(-c2ccccc2)cc1-c1ccnc(F)c1. The van der Waals surface area contributed by atoms with E-state index in [9.17, 15) is 18.1 Å². The van der Waals surface area contributed by atoms with E-state index >= 15 is 0 Å². The summed E-state index contributed by atoms with van der Waals surface area (Å²) in [7, 11) is -3.97. The number of sulfonamides is 1. The third-order valence-electron chi connectivity index (χ3n) is 5.23. The normalized spacial score (nSPS) is 11.0. The van der Waals surface area contributed by atoms with Crippen LogP contribution in [0.4, 0.5) is 9.52 Å². The third-order valence-corrected chi connectivity index (χ3v) is 7.38. The quantitative estimate of drug-likeness (QED) is 0.262. The number of aromatic nitrogens is 3. The molecule has 0 aliphatic carbocycles. The van der Waals surface area contributed by atoms with Crippen molar-refractivity contribution >= 4 is 26.5 Å². The Morgan fingerprint density at radius 3 is 2.49 bits per heavy atom. The van der Waals surface area contributed by atoms with Gasteiger partial charge in [0.25, 0.3) is 10.0 Å². The van der Waals surface area contributed by atoms with Gasteiger partial charge in [-0.15, -0.1) is 11.3 Å². The highest BCUT2D eigenvalue weighted by Crippen LogP contribution is 2.37. The van der Waals surface area contributed by atoms with E-state index in [4.69, 9.17) is 4.74 Å². The molecule has 0 aliphatic heterocycles. The van der Waals surface area contributed by atoms with Crippen LogP contribution in [0.25, 0.3) is 22.4 Å². The number of ether oxygens (including phenoxy) is 1. The Morgan fingerprint density at radius 2 is 1.76 bits per heavy atom. The molecule has 0 radical (unpaired) electrons. The number of rotatable bonds is 7. The molecule has 0 saturated carbocycles. The minimum atomic E-state index is -3.97. The lowest BCUT2D eigenvalue weighted by Crippen LogP contribution is -2.13. The lowest BCUT2D eigenvalue weighted by molar-refractivity contribution is 0.480. The summed E-state index contributed by atoms with van der Waals surface area (Å²) in [5.41, 5.74) is 2.48. The number of hydrogen-bond acceptors (Lipinski definition) is 8. The molecule has 5 aromatic rings. The number of nitrogens with zero attached hydrogens (tertiary/aromatic N) is 4. The van der Waals surface area contributed by atoms with Gasteiger partial charge in [0.2, 0.25) is 5.95 Å². The van der Waals surface area contributed by atoms with Gasteiger partial charge in [-0.05, 0) is 35.9 Å². The molecule has 37 heavy (non-hydrogen) atoms. The van der Waals surface area contributed by atoms with Crippen LogP contribution in [0.1, 0.15) is 5.56 Å². The van der Waals surface area contributed by atoms with Crippen LogP contribution in [-0.2, 0) is 10.0 Å². The van der Waals surface area contributed by atoms with E-state index in [0.29, 0.717) is 16.8 Å². The Hall–Kier alpha value is -4.66. The standard InChI is InChI=1S/C26H16FN5O3S2/c27-25-13-18(8-9-29-25)21-14-22(17-4-2-1-3-5-17)31-16-24(21)35-23-7-6-20(12-19(23)15-28)37(33,34)32-26-30-10-11-36-26/h1-14,16H,(H,30,32). The monoisotopic (exact) mass is 529 g/mol. The molecule has 182 valence electrons. The fourth-order valence-corrected chi connectivity index (χ4v) is 5.32. The average Bonchev–Trinajstić information content (AvgIpc) is 3.42. The highest BCUT2D eigenvalue weighted by Gasteiger charge is 2.19. The lowest BCUT2D eigenvalue weighted by Gasteiger charge is -2.14. The smallest absolute Gasteiger partial charge is 0.263 e. The predicted octanol–water partition coefficient (Wildman–Crippen LogP) is 5.87. The summed E-state index contributed by atoms with van der Waals surface area (Å²) in [6.07, 6.45) is 4.29. The van der Waals surface area contributed by atoms with Crippen LogP contribution in [0.3, 0.4) is 0 Å². The molecule has 1 N–H and O–H groups in total. The summed E-state index contributed by atoms with van der Waals surface area (Å²) in [5.74, 6) is -0.305. The number of thiazole rings is 1. The van der Waals surface area contributed by atoms with Gasteiger partial charge in [0.05, 0.1) is 22.3 Å². The first-order valence-corrected chi connectivity index (χ1v) is 13.1. The maximum Gasteiger partial charge on any atom is 0.263 e. The Balaban J connectivity index is 1.54. The van der Waals surface area contributed by atoms with Crippen molar-refractivity contribution in [2.45, 2.75) is 4.90 Å². The van der Waals surface area contributed by atoms with Crippen LogP contribution < -0.4 is 9.46 Å². The van der Waals surface area contributed by atoms with E-state index in [2.05, 4.69) is 19.7 Å². The van der Waals surface area contributed by atoms with E-state index in [-0.39, 0.29) is 27.1 Å². The van der Waals surface area contributed by atoms with Crippen molar-refractivity contribution in [1.82, 2.24) is 15.0 Å². The number of pyridine rings is 2. The fourth-order valence-electron chi connectivity index (χ4n) is 3.51. The number of nitriles is 1. The molecule has 0 spiro atoms. The van der Waals surface area contributed by atoms with Crippen molar-refractivity contribution in [1.29, 1.82) is 5.26 Å². The van der Waals surface area contributed by atoms with Crippen LogP contribution in [0.15, 0.2) is 95.6 Å². The Kier molecular flexibility index (Phi) is 6.59. The van der Waals surface area contributed by atoms with E-state index in [1.54, 1.807) is 17.5 Å². The Labute approximate surface area is 215 Å². The summed E-state index contributed by atoms with van der Waals surface area (Å²) >= 11 is 1.13. The molecule has 2 aromatic carbocycles. The Morgan fingerprint density at radius 1 is 0.919 bits per heavy atom. The van der Waals surface area contributed by atoms with Crippen molar-refractivity contribution in [3.8, 4) is 40.0 Å². The molecule has 3 heterocycles. The molecule has 5 rings (SSSR count). The van der Waals surface area contributed by atoms with Gasteiger partial charge in [0, 0.05) is 35.0 Å². The molecule has 0 bridgehead atoms. The van der Waals surface area contributed by atoms with Gasteiger partial charge in [-0.25, -0.2) is 18.4 Å². The second-order valence-electron chi connectivity index (χ2n) is 7.61. The molecule has 11 heteroatoms. The van der Waals surface area contributed by atoms with Crippen LogP contribution in [0.2, 0.25) is 0 Å². The summed E-state index contributed by atoms with van der Waals surface area (Å²) in [6, 6.07) is 20.0. The molecule has 3 aromatic heterocycles. The maximum atomic E-state index is 14.0. The molecular formula is C26H16FN5O3S2. The van der Waals surface area contributed by atoms with Crippen molar-refractivity contribution < 1.29 is 17.5 Å². The molecule has 8 nitrogen and oxygen atoms in total. The largest absolute Gasteiger partial charge is 0.454 e. The summed E-state index contributed by atoms with van der Waals surface area (Å²) in [4.78, 5) is 11.9. The van der Waals surface area contributed by atoms with Gasteiger partial charge in [-0.1, -0.05) is 30.3 Å². The zero-order chi connectivity index (χ0) is 25.8. The number of benzene rings is 2. The summed E-state index contributed by atoms with van der Waals surface area (Å²) < 4.78 is 47.8. The van der Waals surface area contributed by atoms with Gasteiger partial charge >= 0.3 is 0 Å². The van der Waals surface area contributed by atoms with Crippen molar-refractivity contribution in [2.75, 3.05) is 4.72 Å². The summed E-state index contributed by atoms with van der Waals surface area (Å²) in [5, 5.41) is 11.6. The van der Waals surface area contributed by atoms with Crippen molar-refractivity contribution in [2.24, 2.45) is 0 Å². The van der Waals surface area contributed by atoms with E-state index < -0.39 is 16.0 Å². The van der Waals surface area contributed by atoms with Crippen LogP contribution >= 0.6 is 11.3 Å². The van der Waals surface area contributed by atoms with E-state index in [1.807, 2.05) is 36.4 Å². The highest BCUT2D eigenvalue weighted by molar-refractivity contribution is 7.93. The second-order valence-corrected chi connectivity index (χ2v) is 10.2. The number of halogens is 1. The van der Waals surface area contributed by atoms with Crippen LogP contribution in [-0.4, -0.2) is 23.4 Å². The minimum Gasteiger partial charge on any atom is -0.454 e. The molecule has 0 amide bonds. The van der Waals surface area contributed by atoms with Gasteiger partial charge in [-0.2, -0.15) is 9.65 Å². The van der Waals surface area contributed by atoms with Gasteiger partial charge in [0.1, 0.15) is 11.8 Å². The van der Waals surface area contributed by atoms with Gasteiger partial charge in [0.15, 0.2) is 10.9 Å². The fraction of sp³-hybridized carbons (Fsp3) is 0. The number of nitrogens with one attached hydrogen (secondary N) is 1. The zero-order valence-corrected chi connectivity index (χ0v) is 20.5. The predicted molar refractivity (Wildman–Crippen MR) is 137 cm³/mol. The third kappa shape index (κ3) is 5.30. The first-order valence-electron chi connectivity index (χ1n) is 10.7. The second kappa shape index (κ2) is 10.1. The zero-order valence-electron chi connectivity index (χ0n) is 18.9. The van der Waals surface area contributed by atoms with E-state index in [0.717, 1.165) is 16.9 Å². The maximum absolute atomic E-state index is 14.0. The van der Waals surface area contributed by atoms with Crippen LogP contribution in [0.5, 0.6) is 11.5 Å². The topological polar surface area (TPSA) is 118 Å². The van der Waals surface area contributed by atoms with E-state index in [1.165, 1.54) is 42.9 Å². The molecular weight excluding hydrogens is 513 g/mol. The number of anilines is 1. The molecule has 0 unspecified atom stereocenters. The molecule has 0 aliphatic rings. The van der Waals surface area contributed by atoms with Crippen molar-refractivity contribution in [3.63, 3.8) is 0 Å². The first kappa shape index (κ1) is 24.1. The van der Waals surface area contributed by atoms with Crippen LogP contribution in [0, 0.1) is 17.3 Å². The summed E-state index contributed by atoms with van der Waals surface area (Å²) in [6.45, 7) is 0. The average molecular weight is 530 g/mol. The number of hydrogen-bond donors (Lipinski definition) is 1. The lowest BCUT2D eigenvalue weighted by atomic mass is 10.0. The van der Waals surface area contributed by atoms with Crippen molar-refractivity contribution in [3.05, 3.63) is 102 Å². The molecule has 0 atom stereocenters. The van der Waals surface area contributed by atoms with Gasteiger partial charge < -0.3 is 4.74 Å². The molecule has 0 saturated heterocycles. The minimum absolute atomic E-state index is 0.0130. The van der Waals surface area contributed by atoms with Gasteiger partial charge in [-0.3, -0.25) is 9.71 Å².